The van der Waals surface area contributed by atoms with Gasteiger partial charge in [-0.2, -0.15) is 4.52 Å². The van der Waals surface area contributed by atoms with Crippen LogP contribution in [0.25, 0.3) is 67.2 Å². The Labute approximate surface area is 365 Å². The highest BCUT2D eigenvalue weighted by Crippen LogP contribution is 2.55. The number of hydrogen-bond acceptors (Lipinski definition) is 8. The minimum atomic E-state index is -0.124. The lowest BCUT2D eigenvalue weighted by atomic mass is 9.98. The van der Waals surface area contributed by atoms with E-state index in [1.54, 1.807) is 30.5 Å². The molecule has 6 heterocycles. The minimum absolute atomic E-state index is 0.124. The van der Waals surface area contributed by atoms with Gasteiger partial charge in [-0.25, -0.2) is 9.97 Å². The summed E-state index contributed by atoms with van der Waals surface area (Å²) in [7, 11) is 3.34. The van der Waals surface area contributed by atoms with Crippen molar-refractivity contribution in [3.63, 3.8) is 0 Å². The van der Waals surface area contributed by atoms with Crippen molar-refractivity contribution in [2.24, 2.45) is 0 Å². The average Bonchev–Trinajstić information content (AvgIpc) is 4.08. The zero-order valence-corrected chi connectivity index (χ0v) is 35.2. The molecule has 11 rings (SSSR count). The number of ether oxygens (including phenoxy) is 2. The fraction of sp³-hybridized carbons (Fsp3) is 0.0612. The van der Waals surface area contributed by atoms with Crippen molar-refractivity contribution in [2.45, 2.75) is 5.50 Å². The molecule has 0 amide bonds. The summed E-state index contributed by atoms with van der Waals surface area (Å²) in [6.45, 7) is 0. The van der Waals surface area contributed by atoms with Crippen LogP contribution in [0, 0.1) is 4.77 Å². The Morgan fingerprint density at radius 1 is 0.689 bits per heavy atom. The van der Waals surface area contributed by atoms with Crippen LogP contribution in [-0.2, 0) is 0 Å². The topological polar surface area (TPSA) is 85.5 Å². The minimum Gasteiger partial charge on any atom is -0.497 e. The van der Waals surface area contributed by atoms with Crippen LogP contribution < -0.4 is 9.47 Å². The number of aromatic nitrogens is 6. The number of hydrogen-bond donors (Lipinski definition) is 1. The second-order valence-electron chi connectivity index (χ2n) is 14.7. The maximum Gasteiger partial charge on any atom is 0.201 e. The molecule has 2 aliphatic heterocycles. The van der Waals surface area contributed by atoms with E-state index in [-0.39, 0.29) is 5.50 Å². The second kappa shape index (κ2) is 15.0. The first kappa shape index (κ1) is 37.1. The zero-order valence-electron chi connectivity index (χ0n) is 32.8. The van der Waals surface area contributed by atoms with Gasteiger partial charge in [-0.05, 0) is 118 Å². The molecule has 0 bridgehead atoms. The smallest absolute Gasteiger partial charge is 0.201 e. The molecule has 296 valence electrons. The largest absolute Gasteiger partial charge is 0.497 e. The van der Waals surface area contributed by atoms with Crippen LogP contribution in [0.2, 0.25) is 5.02 Å². The van der Waals surface area contributed by atoms with Gasteiger partial charge in [0.05, 0.1) is 48.0 Å². The van der Waals surface area contributed by atoms with Crippen molar-refractivity contribution in [1.29, 1.82) is 0 Å². The highest BCUT2D eigenvalue weighted by molar-refractivity contribution is 8.02. The van der Waals surface area contributed by atoms with E-state index in [0.717, 1.165) is 84.2 Å². The molecular weight excluding hydrogens is 818 g/mol. The summed E-state index contributed by atoms with van der Waals surface area (Å²) < 4.78 is 15.5. The number of nitrogens with zero attached hydrogens (tertiary/aromatic N) is 6. The third-order valence-corrected chi connectivity index (χ3v) is 12.7. The molecule has 1 N–H and O–H groups in total. The van der Waals surface area contributed by atoms with E-state index in [0.29, 0.717) is 26.9 Å². The van der Waals surface area contributed by atoms with Gasteiger partial charge < -0.3 is 23.9 Å². The van der Waals surface area contributed by atoms with Gasteiger partial charge in [0.25, 0.3) is 0 Å². The molecule has 61 heavy (non-hydrogen) atoms. The van der Waals surface area contributed by atoms with Crippen molar-refractivity contribution in [1.82, 2.24) is 34.0 Å². The Morgan fingerprint density at radius 2 is 1.33 bits per heavy atom. The number of thioether (sulfide) groups is 1. The van der Waals surface area contributed by atoms with Crippen LogP contribution in [0.1, 0.15) is 28.1 Å². The van der Waals surface area contributed by atoms with Gasteiger partial charge in [0.1, 0.15) is 17.1 Å². The van der Waals surface area contributed by atoms with Crippen molar-refractivity contribution in [3.8, 4) is 45.0 Å². The summed E-state index contributed by atoms with van der Waals surface area (Å²) in [4.78, 5) is 16.5. The Hall–Kier alpha value is -6.92. The molecule has 1 unspecified atom stereocenters. The van der Waals surface area contributed by atoms with Crippen molar-refractivity contribution < 1.29 is 9.47 Å². The van der Waals surface area contributed by atoms with Gasteiger partial charge in [0, 0.05) is 22.3 Å². The van der Waals surface area contributed by atoms with Gasteiger partial charge in [0.15, 0.2) is 17.0 Å². The van der Waals surface area contributed by atoms with E-state index in [1.165, 1.54) is 0 Å². The van der Waals surface area contributed by atoms with E-state index in [1.807, 2.05) is 72.8 Å². The molecule has 2 aliphatic rings. The summed E-state index contributed by atoms with van der Waals surface area (Å²) in [5.74, 6) is 2.04. The molecule has 0 fully saturated rings. The Bertz CT molecular complexity index is 3270. The molecule has 9 nitrogen and oxygen atoms in total. The number of halogens is 1. The Balaban J connectivity index is 1.21. The first-order valence-corrected chi connectivity index (χ1v) is 21.3. The second-order valence-corrected chi connectivity index (χ2v) is 16.4. The van der Waals surface area contributed by atoms with E-state index in [4.69, 9.17) is 48.4 Å². The van der Waals surface area contributed by atoms with Crippen LogP contribution in [0.3, 0.4) is 0 Å². The number of H-pyrrole nitrogens is 1. The molecule has 0 aliphatic carbocycles. The number of pyridine rings is 1. The lowest BCUT2D eigenvalue weighted by Gasteiger charge is -2.38. The molecule has 0 radical (unpaired) electrons. The first-order valence-electron chi connectivity index (χ1n) is 19.6. The fourth-order valence-electron chi connectivity index (χ4n) is 8.25. The molecule has 1 atom stereocenters. The number of benzene rings is 5. The van der Waals surface area contributed by atoms with Crippen molar-refractivity contribution in [3.05, 3.63) is 190 Å². The molecule has 0 saturated carbocycles. The number of nitrogens with one attached hydrogen (secondary N) is 1. The van der Waals surface area contributed by atoms with Gasteiger partial charge in [-0.3, -0.25) is 0 Å². The Kier molecular flexibility index (Phi) is 9.10. The standard InChI is InChI=1S/C49H34ClN7O2S2/c1-58-36-21-15-31(16-22-36)39-26-38(30-13-19-35(50)20-14-30)42-45(51-39)53-48(60)57-47(42)52-46(54-57)43-40-25-34(29-9-5-3-6-10-29)27-55(40)49-56(41(28-61-49)32-11-7-4-8-12-32)44(43)33-17-23-37(59-2)24-18-33/h3-28,49H,1-2H3,(H,51,53,60). The highest BCUT2D eigenvalue weighted by Gasteiger charge is 2.41. The Morgan fingerprint density at radius 3 is 2.00 bits per heavy atom. The van der Waals surface area contributed by atoms with E-state index >= 15 is 0 Å². The summed E-state index contributed by atoms with van der Waals surface area (Å²) in [5, 5.41) is 8.96. The van der Waals surface area contributed by atoms with Crippen LogP contribution >= 0.6 is 35.6 Å². The van der Waals surface area contributed by atoms with Gasteiger partial charge in [-0.15, -0.1) is 5.10 Å². The summed E-state index contributed by atoms with van der Waals surface area (Å²) >= 11 is 14.3. The average molecular weight is 852 g/mol. The molecule has 9 aromatic rings. The van der Waals surface area contributed by atoms with Crippen LogP contribution in [-0.4, -0.2) is 48.3 Å². The third-order valence-electron chi connectivity index (χ3n) is 11.2. The fourth-order valence-corrected chi connectivity index (χ4v) is 9.75. The lowest BCUT2D eigenvalue weighted by Crippen LogP contribution is -2.31. The van der Waals surface area contributed by atoms with E-state index in [2.05, 4.69) is 98.9 Å². The zero-order chi connectivity index (χ0) is 41.2. The molecule has 0 spiro atoms. The van der Waals surface area contributed by atoms with Crippen LogP contribution in [0.4, 0.5) is 0 Å². The quantitative estimate of drug-likeness (QED) is 0.151. The van der Waals surface area contributed by atoms with Crippen LogP contribution in [0.5, 0.6) is 11.5 Å². The normalized spacial score (nSPS) is 14.6. The number of aromatic amines is 1. The van der Waals surface area contributed by atoms with Crippen molar-refractivity contribution >= 4 is 69.2 Å². The maximum atomic E-state index is 6.44. The first-order chi connectivity index (χ1) is 29.9. The van der Waals surface area contributed by atoms with Crippen LogP contribution in [0.15, 0.2) is 157 Å². The number of methoxy groups -OCH3 is 2. The predicted octanol–water partition coefficient (Wildman–Crippen LogP) is 12.2. The van der Waals surface area contributed by atoms with Gasteiger partial charge in [-0.1, -0.05) is 96.2 Å². The molecule has 5 aromatic carbocycles. The lowest BCUT2D eigenvalue weighted by molar-refractivity contribution is 0.413. The molecular formula is C49H34ClN7O2S2. The van der Waals surface area contributed by atoms with E-state index in [9.17, 15) is 0 Å². The molecule has 4 aromatic heterocycles. The molecule has 12 heteroatoms. The maximum absolute atomic E-state index is 6.44. The number of fused-ring (bicyclic) bond motifs is 6. The van der Waals surface area contributed by atoms with Gasteiger partial charge >= 0.3 is 0 Å². The monoisotopic (exact) mass is 851 g/mol. The predicted molar refractivity (Wildman–Crippen MR) is 248 cm³/mol. The van der Waals surface area contributed by atoms with Crippen molar-refractivity contribution in [2.75, 3.05) is 14.2 Å². The van der Waals surface area contributed by atoms with Gasteiger partial charge in [0.2, 0.25) is 4.77 Å². The third kappa shape index (κ3) is 6.32. The summed E-state index contributed by atoms with van der Waals surface area (Å²) in [5.41, 5.74) is 12.7. The molecule has 0 saturated heterocycles. The highest BCUT2D eigenvalue weighted by atomic mass is 35.5. The summed E-state index contributed by atoms with van der Waals surface area (Å²) in [6, 6.07) is 49.2. The van der Waals surface area contributed by atoms with E-state index < -0.39 is 0 Å². The summed E-state index contributed by atoms with van der Waals surface area (Å²) in [6.07, 6.45) is 2.24. The number of rotatable bonds is 8. The SMILES string of the molecule is COc1ccc(C2=C(c3nc4c5c(-c6ccc(Cl)cc6)cc(-c6ccc(OC)cc6)nc5[nH]c(=S)n4n3)c3cc(-c4ccccc4)cn3C3SC=C(c4ccccc4)N23)cc1.